The van der Waals surface area contributed by atoms with Gasteiger partial charge < -0.3 is 10.1 Å². The van der Waals surface area contributed by atoms with Gasteiger partial charge in [0.25, 0.3) is 0 Å². The first-order chi connectivity index (χ1) is 6.40. The van der Waals surface area contributed by atoms with Gasteiger partial charge in [0.05, 0.1) is 12.5 Å². The summed E-state index contributed by atoms with van der Waals surface area (Å²) in [5.74, 6) is 2.13. The Balaban J connectivity index is 2.18. The predicted molar refractivity (Wildman–Crippen MR) is 56.2 cm³/mol. The third kappa shape index (κ3) is 1.98. The van der Waals surface area contributed by atoms with E-state index in [0.717, 1.165) is 12.3 Å². The number of thioether (sulfide) groups is 1. The molecular weight excluding hydrogens is 182 g/mol. The van der Waals surface area contributed by atoms with Crippen LogP contribution < -0.4 is 10.1 Å². The van der Waals surface area contributed by atoms with Crippen molar-refractivity contribution in [2.24, 2.45) is 0 Å². The van der Waals surface area contributed by atoms with E-state index in [0.29, 0.717) is 5.37 Å². The Hall–Kier alpha value is -0.670. The second-order valence-corrected chi connectivity index (χ2v) is 4.19. The maximum absolute atomic E-state index is 5.18. The van der Waals surface area contributed by atoms with Crippen molar-refractivity contribution in [1.29, 1.82) is 0 Å². The molecule has 2 rings (SSSR count). The minimum Gasteiger partial charge on any atom is -0.497 e. The monoisotopic (exact) mass is 195 g/mol. The fraction of sp³-hybridized carbons (Fsp3) is 0.400. The molecule has 0 bridgehead atoms. The number of ether oxygens (including phenoxy) is 1. The number of hydrogen-bond donors (Lipinski definition) is 1. The van der Waals surface area contributed by atoms with E-state index in [-0.39, 0.29) is 0 Å². The highest BCUT2D eigenvalue weighted by Crippen LogP contribution is 2.31. The highest BCUT2D eigenvalue weighted by atomic mass is 32.2. The molecule has 1 fully saturated rings. The SMILES string of the molecule is COc1cccc([C@@H]2NCCS2)c1. The van der Waals surface area contributed by atoms with Gasteiger partial charge in [-0.3, -0.25) is 0 Å². The quantitative estimate of drug-likeness (QED) is 0.780. The third-order valence-electron chi connectivity index (χ3n) is 2.11. The van der Waals surface area contributed by atoms with Crippen LogP contribution in [0.1, 0.15) is 10.9 Å². The van der Waals surface area contributed by atoms with E-state index in [1.807, 2.05) is 23.9 Å². The van der Waals surface area contributed by atoms with Crippen LogP contribution in [-0.2, 0) is 0 Å². The highest BCUT2D eigenvalue weighted by Gasteiger charge is 2.16. The summed E-state index contributed by atoms with van der Waals surface area (Å²) in [7, 11) is 1.70. The number of benzene rings is 1. The van der Waals surface area contributed by atoms with Gasteiger partial charge in [-0.2, -0.15) is 0 Å². The summed E-state index contributed by atoms with van der Waals surface area (Å²) >= 11 is 1.95. The lowest BCUT2D eigenvalue weighted by Gasteiger charge is -2.10. The van der Waals surface area contributed by atoms with Gasteiger partial charge >= 0.3 is 0 Å². The van der Waals surface area contributed by atoms with Gasteiger partial charge in [-0.05, 0) is 17.7 Å². The molecule has 0 aliphatic carbocycles. The first kappa shape index (κ1) is 8.91. The van der Waals surface area contributed by atoms with Gasteiger partial charge in [-0.1, -0.05) is 12.1 Å². The molecule has 2 nitrogen and oxygen atoms in total. The van der Waals surface area contributed by atoms with Gasteiger partial charge in [0.1, 0.15) is 5.75 Å². The van der Waals surface area contributed by atoms with Crippen molar-refractivity contribution in [2.45, 2.75) is 5.37 Å². The van der Waals surface area contributed by atoms with Crippen molar-refractivity contribution in [3.63, 3.8) is 0 Å². The highest BCUT2D eigenvalue weighted by molar-refractivity contribution is 7.99. The molecule has 1 atom stereocenters. The smallest absolute Gasteiger partial charge is 0.119 e. The zero-order valence-electron chi connectivity index (χ0n) is 7.62. The van der Waals surface area contributed by atoms with Crippen LogP contribution in [-0.4, -0.2) is 19.4 Å². The van der Waals surface area contributed by atoms with Crippen molar-refractivity contribution >= 4 is 11.8 Å². The maximum Gasteiger partial charge on any atom is 0.119 e. The number of nitrogens with one attached hydrogen (secondary N) is 1. The van der Waals surface area contributed by atoms with Gasteiger partial charge in [0.2, 0.25) is 0 Å². The minimum absolute atomic E-state index is 0.454. The summed E-state index contributed by atoms with van der Waals surface area (Å²) in [5, 5.41) is 3.89. The summed E-state index contributed by atoms with van der Waals surface area (Å²) in [6.45, 7) is 1.10. The summed E-state index contributed by atoms with van der Waals surface area (Å²) in [5.41, 5.74) is 1.31. The van der Waals surface area contributed by atoms with Crippen molar-refractivity contribution < 1.29 is 4.74 Å². The molecule has 1 aromatic rings. The number of methoxy groups -OCH3 is 1. The topological polar surface area (TPSA) is 21.3 Å². The summed E-state index contributed by atoms with van der Waals surface area (Å²) < 4.78 is 5.18. The van der Waals surface area contributed by atoms with Gasteiger partial charge in [0.15, 0.2) is 0 Å². The van der Waals surface area contributed by atoms with Crippen molar-refractivity contribution in [3.05, 3.63) is 29.8 Å². The van der Waals surface area contributed by atoms with Crippen LogP contribution in [0.3, 0.4) is 0 Å². The molecule has 0 saturated carbocycles. The van der Waals surface area contributed by atoms with Crippen molar-refractivity contribution in [1.82, 2.24) is 5.32 Å². The maximum atomic E-state index is 5.18. The molecule has 1 heterocycles. The summed E-state index contributed by atoms with van der Waals surface area (Å²) in [6.07, 6.45) is 0. The van der Waals surface area contributed by atoms with E-state index in [1.165, 1.54) is 11.3 Å². The zero-order valence-corrected chi connectivity index (χ0v) is 8.43. The van der Waals surface area contributed by atoms with Crippen LogP contribution in [0.25, 0.3) is 0 Å². The number of rotatable bonds is 2. The fourth-order valence-electron chi connectivity index (χ4n) is 1.44. The molecule has 0 aromatic heterocycles. The first-order valence-corrected chi connectivity index (χ1v) is 5.44. The van der Waals surface area contributed by atoms with Gasteiger partial charge in [-0.15, -0.1) is 11.8 Å². The Labute approximate surface area is 82.7 Å². The molecular formula is C10H13NOS. The second-order valence-electron chi connectivity index (χ2n) is 2.98. The Kier molecular flexibility index (Phi) is 2.76. The van der Waals surface area contributed by atoms with Gasteiger partial charge in [0, 0.05) is 12.3 Å². The molecule has 0 unspecified atom stereocenters. The fourth-order valence-corrected chi connectivity index (χ4v) is 2.49. The molecule has 3 heteroatoms. The van der Waals surface area contributed by atoms with Gasteiger partial charge in [-0.25, -0.2) is 0 Å². The van der Waals surface area contributed by atoms with Crippen molar-refractivity contribution in [2.75, 3.05) is 19.4 Å². The van der Waals surface area contributed by atoms with E-state index < -0.39 is 0 Å². The predicted octanol–water partition coefficient (Wildman–Crippen LogP) is 2.03. The Morgan fingerprint density at radius 1 is 1.54 bits per heavy atom. The standard InChI is InChI=1S/C10H13NOS/c1-12-9-4-2-3-8(7-9)10-11-5-6-13-10/h2-4,7,10-11H,5-6H2,1H3/t10-/m1/s1. The Bertz CT molecular complexity index is 284. The third-order valence-corrected chi connectivity index (χ3v) is 3.32. The average molecular weight is 195 g/mol. The zero-order chi connectivity index (χ0) is 9.10. The molecule has 1 N–H and O–H groups in total. The largest absolute Gasteiger partial charge is 0.497 e. The molecule has 1 aliphatic rings. The minimum atomic E-state index is 0.454. The van der Waals surface area contributed by atoms with Crippen molar-refractivity contribution in [3.8, 4) is 5.75 Å². The van der Waals surface area contributed by atoms with Crippen LogP contribution in [0.2, 0.25) is 0 Å². The molecule has 0 amide bonds. The van der Waals surface area contributed by atoms with Crippen LogP contribution in [0, 0.1) is 0 Å². The molecule has 1 aromatic carbocycles. The van der Waals surface area contributed by atoms with E-state index in [4.69, 9.17) is 4.74 Å². The molecule has 0 radical (unpaired) electrons. The second kappa shape index (κ2) is 4.03. The van der Waals surface area contributed by atoms with Crippen LogP contribution in [0.15, 0.2) is 24.3 Å². The normalized spacial score (nSPS) is 21.8. The van der Waals surface area contributed by atoms with E-state index in [9.17, 15) is 0 Å². The molecule has 70 valence electrons. The first-order valence-electron chi connectivity index (χ1n) is 4.39. The van der Waals surface area contributed by atoms with E-state index in [1.54, 1.807) is 7.11 Å². The van der Waals surface area contributed by atoms with E-state index >= 15 is 0 Å². The summed E-state index contributed by atoms with van der Waals surface area (Å²) in [6, 6.07) is 8.24. The summed E-state index contributed by atoms with van der Waals surface area (Å²) in [4.78, 5) is 0. The van der Waals surface area contributed by atoms with E-state index in [2.05, 4.69) is 17.4 Å². The lowest BCUT2D eigenvalue weighted by Crippen LogP contribution is -2.11. The number of hydrogen-bond acceptors (Lipinski definition) is 3. The lowest BCUT2D eigenvalue weighted by atomic mass is 10.2. The Morgan fingerprint density at radius 3 is 3.15 bits per heavy atom. The molecule has 1 saturated heterocycles. The Morgan fingerprint density at radius 2 is 2.46 bits per heavy atom. The van der Waals surface area contributed by atoms with Crippen LogP contribution in [0.5, 0.6) is 5.75 Å². The lowest BCUT2D eigenvalue weighted by molar-refractivity contribution is 0.414. The molecule has 13 heavy (non-hydrogen) atoms. The van der Waals surface area contributed by atoms with Crippen LogP contribution in [0.4, 0.5) is 0 Å². The molecule has 1 aliphatic heterocycles. The molecule has 0 spiro atoms. The average Bonchev–Trinajstić information content (AvgIpc) is 2.71. The van der Waals surface area contributed by atoms with Crippen LogP contribution >= 0.6 is 11.8 Å².